The van der Waals surface area contributed by atoms with E-state index in [9.17, 15) is 4.57 Å². The fraction of sp³-hybridized carbons (Fsp3) is 0.538. The molecule has 0 saturated heterocycles. The first kappa shape index (κ1) is 12.5. The standard InChI is InChI=1S/C13H21OP/c1-5-15(4,14)10-12-6-8-13(9-7-12)11(2)3/h6-9,11H,5,10H2,1-4H3. The Labute approximate surface area is 93.3 Å². The normalized spacial score (nSPS) is 15.3. The maximum Gasteiger partial charge on any atom is 0.0887 e. The second kappa shape index (κ2) is 4.99. The molecule has 0 spiro atoms. The van der Waals surface area contributed by atoms with Crippen molar-refractivity contribution in [2.45, 2.75) is 32.9 Å². The van der Waals surface area contributed by atoms with Gasteiger partial charge in [0.2, 0.25) is 0 Å². The van der Waals surface area contributed by atoms with E-state index in [1.54, 1.807) is 0 Å². The van der Waals surface area contributed by atoms with Gasteiger partial charge in [0.1, 0.15) is 0 Å². The van der Waals surface area contributed by atoms with Gasteiger partial charge in [-0.05, 0) is 29.9 Å². The molecule has 0 saturated carbocycles. The lowest BCUT2D eigenvalue weighted by Gasteiger charge is -2.11. The Hall–Kier alpha value is -0.550. The van der Waals surface area contributed by atoms with E-state index in [4.69, 9.17) is 0 Å². The summed E-state index contributed by atoms with van der Waals surface area (Å²) in [4.78, 5) is 0. The summed E-state index contributed by atoms with van der Waals surface area (Å²) in [5.74, 6) is 0.568. The molecule has 1 aromatic rings. The van der Waals surface area contributed by atoms with Crippen molar-refractivity contribution in [1.82, 2.24) is 0 Å². The minimum Gasteiger partial charge on any atom is -0.324 e. The van der Waals surface area contributed by atoms with Crippen LogP contribution in [-0.4, -0.2) is 12.8 Å². The van der Waals surface area contributed by atoms with Crippen LogP contribution in [0, 0.1) is 0 Å². The molecule has 0 bridgehead atoms. The van der Waals surface area contributed by atoms with E-state index in [-0.39, 0.29) is 0 Å². The van der Waals surface area contributed by atoms with Crippen LogP contribution in [0.15, 0.2) is 24.3 Å². The Balaban J connectivity index is 2.77. The summed E-state index contributed by atoms with van der Waals surface area (Å²) in [6, 6.07) is 8.52. The highest BCUT2D eigenvalue weighted by atomic mass is 31.2. The smallest absolute Gasteiger partial charge is 0.0887 e. The molecule has 0 aliphatic heterocycles. The predicted molar refractivity (Wildman–Crippen MR) is 68.3 cm³/mol. The van der Waals surface area contributed by atoms with Crippen LogP contribution in [0.4, 0.5) is 0 Å². The maximum atomic E-state index is 12.0. The molecular weight excluding hydrogens is 203 g/mol. The predicted octanol–water partition coefficient (Wildman–Crippen LogP) is 4.32. The molecule has 15 heavy (non-hydrogen) atoms. The highest BCUT2D eigenvalue weighted by Crippen LogP contribution is 2.44. The fourth-order valence-electron chi connectivity index (χ4n) is 1.51. The Morgan fingerprint density at radius 2 is 1.73 bits per heavy atom. The van der Waals surface area contributed by atoms with Crippen LogP contribution in [0.5, 0.6) is 0 Å². The van der Waals surface area contributed by atoms with E-state index in [2.05, 4.69) is 38.1 Å². The van der Waals surface area contributed by atoms with Gasteiger partial charge in [0, 0.05) is 6.16 Å². The number of hydrogen-bond donors (Lipinski definition) is 0. The molecule has 1 rings (SSSR count). The van der Waals surface area contributed by atoms with Gasteiger partial charge in [0.05, 0.1) is 7.14 Å². The van der Waals surface area contributed by atoms with Gasteiger partial charge in [-0.15, -0.1) is 0 Å². The van der Waals surface area contributed by atoms with Crippen molar-refractivity contribution < 1.29 is 4.57 Å². The maximum absolute atomic E-state index is 12.0. The molecule has 0 radical (unpaired) electrons. The Morgan fingerprint density at radius 1 is 1.20 bits per heavy atom. The summed E-state index contributed by atoms with van der Waals surface area (Å²) >= 11 is 0. The summed E-state index contributed by atoms with van der Waals surface area (Å²) in [6.45, 7) is 8.27. The molecular formula is C13H21OP. The van der Waals surface area contributed by atoms with E-state index >= 15 is 0 Å². The first-order valence-corrected chi connectivity index (χ1v) is 8.11. The quantitative estimate of drug-likeness (QED) is 0.696. The number of benzene rings is 1. The van der Waals surface area contributed by atoms with Crippen LogP contribution in [0.3, 0.4) is 0 Å². The summed E-state index contributed by atoms with van der Waals surface area (Å²) in [6.07, 6.45) is 1.53. The molecule has 1 aromatic carbocycles. The summed E-state index contributed by atoms with van der Waals surface area (Å²) in [7, 11) is -1.93. The summed E-state index contributed by atoms with van der Waals surface area (Å²) in [5.41, 5.74) is 2.55. The van der Waals surface area contributed by atoms with Gasteiger partial charge in [0.15, 0.2) is 0 Å². The highest BCUT2D eigenvalue weighted by molar-refractivity contribution is 7.62. The largest absolute Gasteiger partial charge is 0.324 e. The van der Waals surface area contributed by atoms with Crippen molar-refractivity contribution in [2.75, 3.05) is 12.8 Å². The molecule has 0 N–H and O–H groups in total. The van der Waals surface area contributed by atoms with Crippen molar-refractivity contribution in [1.29, 1.82) is 0 Å². The zero-order valence-corrected chi connectivity index (χ0v) is 11.1. The second-order valence-corrected chi connectivity index (χ2v) is 8.21. The van der Waals surface area contributed by atoms with Gasteiger partial charge in [-0.3, -0.25) is 0 Å². The number of rotatable bonds is 4. The highest BCUT2D eigenvalue weighted by Gasteiger charge is 2.12. The van der Waals surface area contributed by atoms with Crippen molar-refractivity contribution in [2.24, 2.45) is 0 Å². The third-order valence-corrected chi connectivity index (χ3v) is 5.20. The van der Waals surface area contributed by atoms with E-state index in [1.165, 1.54) is 11.1 Å². The van der Waals surface area contributed by atoms with Crippen LogP contribution in [0.1, 0.15) is 37.8 Å². The van der Waals surface area contributed by atoms with Gasteiger partial charge in [-0.2, -0.15) is 0 Å². The van der Waals surface area contributed by atoms with E-state index < -0.39 is 7.14 Å². The monoisotopic (exact) mass is 224 g/mol. The average molecular weight is 224 g/mol. The van der Waals surface area contributed by atoms with E-state index in [0.717, 1.165) is 12.3 Å². The molecule has 1 unspecified atom stereocenters. The molecule has 84 valence electrons. The van der Waals surface area contributed by atoms with E-state index in [0.29, 0.717) is 5.92 Å². The minimum atomic E-state index is -1.93. The number of hydrogen-bond acceptors (Lipinski definition) is 1. The Morgan fingerprint density at radius 3 is 2.13 bits per heavy atom. The molecule has 2 heteroatoms. The SMILES string of the molecule is CCP(C)(=O)Cc1ccc(C(C)C)cc1. The molecule has 0 heterocycles. The molecule has 1 atom stereocenters. The third kappa shape index (κ3) is 3.83. The molecule has 0 aliphatic carbocycles. The van der Waals surface area contributed by atoms with Gasteiger partial charge < -0.3 is 4.57 Å². The lowest BCUT2D eigenvalue weighted by Crippen LogP contribution is -1.92. The van der Waals surface area contributed by atoms with Crippen molar-refractivity contribution in [3.63, 3.8) is 0 Å². The molecule has 0 aliphatic rings. The van der Waals surface area contributed by atoms with Gasteiger partial charge in [-0.1, -0.05) is 45.0 Å². The lowest BCUT2D eigenvalue weighted by molar-refractivity contribution is 0.578. The first-order chi connectivity index (χ1) is 6.94. The van der Waals surface area contributed by atoms with Crippen LogP contribution in [0.25, 0.3) is 0 Å². The van der Waals surface area contributed by atoms with Crippen LogP contribution >= 0.6 is 7.14 Å². The van der Waals surface area contributed by atoms with Gasteiger partial charge in [-0.25, -0.2) is 0 Å². The second-order valence-electron chi connectivity index (χ2n) is 4.67. The molecule has 0 aromatic heterocycles. The fourth-order valence-corrected chi connectivity index (χ4v) is 2.71. The Bertz CT molecular complexity index is 351. The van der Waals surface area contributed by atoms with Crippen LogP contribution < -0.4 is 0 Å². The van der Waals surface area contributed by atoms with Crippen molar-refractivity contribution >= 4 is 7.14 Å². The van der Waals surface area contributed by atoms with Gasteiger partial charge in [0.25, 0.3) is 0 Å². The topological polar surface area (TPSA) is 17.1 Å². The Kier molecular flexibility index (Phi) is 4.16. The minimum absolute atomic E-state index is 0.568. The third-order valence-electron chi connectivity index (χ3n) is 2.83. The summed E-state index contributed by atoms with van der Waals surface area (Å²) < 4.78 is 12.0. The zero-order chi connectivity index (χ0) is 11.5. The molecule has 0 fully saturated rings. The summed E-state index contributed by atoms with van der Waals surface area (Å²) in [5, 5.41) is 0. The van der Waals surface area contributed by atoms with Crippen molar-refractivity contribution in [3.8, 4) is 0 Å². The first-order valence-electron chi connectivity index (χ1n) is 5.59. The van der Waals surface area contributed by atoms with Crippen molar-refractivity contribution in [3.05, 3.63) is 35.4 Å². The zero-order valence-electron chi connectivity index (χ0n) is 10.2. The molecule has 1 nitrogen and oxygen atoms in total. The average Bonchev–Trinajstić information content (AvgIpc) is 2.18. The van der Waals surface area contributed by atoms with Gasteiger partial charge >= 0.3 is 0 Å². The van der Waals surface area contributed by atoms with Crippen LogP contribution in [-0.2, 0) is 10.7 Å². The van der Waals surface area contributed by atoms with Crippen LogP contribution in [0.2, 0.25) is 0 Å². The molecule has 0 amide bonds. The lowest BCUT2D eigenvalue weighted by atomic mass is 10.0. The van der Waals surface area contributed by atoms with E-state index in [1.807, 2.05) is 13.6 Å².